The maximum atomic E-state index is 12.3. The summed E-state index contributed by atoms with van der Waals surface area (Å²) in [6.45, 7) is 0.495. The van der Waals surface area contributed by atoms with Crippen LogP contribution in [0.1, 0.15) is 29.8 Å². The zero-order valence-corrected chi connectivity index (χ0v) is 14.8. The maximum absolute atomic E-state index is 12.3. The Kier molecular flexibility index (Phi) is 5.48. The van der Waals surface area contributed by atoms with E-state index in [1.54, 1.807) is 6.26 Å². The number of rotatable bonds is 5. The highest BCUT2D eigenvalue weighted by Crippen LogP contribution is 2.35. The quantitative estimate of drug-likeness (QED) is 0.872. The Morgan fingerprint density at radius 3 is 2.92 bits per heavy atom. The van der Waals surface area contributed by atoms with E-state index in [0.717, 1.165) is 17.9 Å². The molecule has 2 aromatic rings. The third-order valence-corrected chi connectivity index (χ3v) is 5.34. The van der Waals surface area contributed by atoms with Gasteiger partial charge in [0, 0.05) is 17.2 Å². The molecule has 0 aliphatic carbocycles. The molecule has 5 nitrogen and oxygen atoms in total. The lowest BCUT2D eigenvalue weighted by Crippen LogP contribution is -2.42. The first kappa shape index (κ1) is 16.9. The molecular formula is C18H23N3O2S. The second-order valence-electron chi connectivity index (χ2n) is 6.08. The second kappa shape index (κ2) is 7.77. The number of likely N-dealkylation sites (N-methyl/N-ethyl adjacent to an activating group) is 1. The minimum Gasteiger partial charge on any atom is -0.468 e. The Morgan fingerprint density at radius 2 is 2.17 bits per heavy atom. The first-order chi connectivity index (χ1) is 11.6. The standard InChI is InChI=1S/C18H23N3O2S/c1-21(2)15(16-7-5-10-23-16)12-19-18(22)20-14-9-11-24-17-8-4-3-6-13(14)17/h3-8,10,14-15H,9,11-12H2,1-2H3,(H2,19,20,22)/t14-,15-/m1/s1. The highest BCUT2D eigenvalue weighted by molar-refractivity contribution is 7.99. The average Bonchev–Trinajstić information content (AvgIpc) is 3.09. The van der Waals surface area contributed by atoms with Crippen LogP contribution in [0.3, 0.4) is 0 Å². The van der Waals surface area contributed by atoms with Crippen LogP contribution in [0.4, 0.5) is 4.79 Å². The van der Waals surface area contributed by atoms with E-state index >= 15 is 0 Å². The van der Waals surface area contributed by atoms with Crippen LogP contribution >= 0.6 is 11.8 Å². The van der Waals surface area contributed by atoms with Crippen LogP contribution in [-0.4, -0.2) is 37.3 Å². The Labute approximate surface area is 146 Å². The SMILES string of the molecule is CN(C)[C@H](CNC(=O)N[C@@H]1CCSc2ccccc21)c1ccco1. The number of hydrogen-bond acceptors (Lipinski definition) is 4. The Hall–Kier alpha value is -1.92. The van der Waals surface area contributed by atoms with Crippen LogP contribution in [0.2, 0.25) is 0 Å². The smallest absolute Gasteiger partial charge is 0.315 e. The van der Waals surface area contributed by atoms with Crippen LogP contribution in [-0.2, 0) is 0 Å². The number of nitrogens with one attached hydrogen (secondary N) is 2. The minimum atomic E-state index is -0.139. The van der Waals surface area contributed by atoms with Gasteiger partial charge in [0.25, 0.3) is 0 Å². The Bertz CT molecular complexity index is 673. The predicted molar refractivity (Wildman–Crippen MR) is 96.2 cm³/mol. The van der Waals surface area contributed by atoms with Gasteiger partial charge in [-0.2, -0.15) is 0 Å². The van der Waals surface area contributed by atoms with E-state index in [4.69, 9.17) is 4.42 Å². The van der Waals surface area contributed by atoms with Crippen molar-refractivity contribution in [3.05, 3.63) is 54.0 Å². The van der Waals surface area contributed by atoms with Gasteiger partial charge in [-0.1, -0.05) is 18.2 Å². The summed E-state index contributed by atoms with van der Waals surface area (Å²) in [6, 6.07) is 12.0. The summed E-state index contributed by atoms with van der Waals surface area (Å²) in [5, 5.41) is 6.07. The number of fused-ring (bicyclic) bond motifs is 1. The average molecular weight is 345 g/mol. The lowest BCUT2D eigenvalue weighted by molar-refractivity contribution is 0.222. The zero-order chi connectivity index (χ0) is 16.9. The van der Waals surface area contributed by atoms with Gasteiger partial charge < -0.3 is 15.1 Å². The largest absolute Gasteiger partial charge is 0.468 e. The first-order valence-corrected chi connectivity index (χ1v) is 9.09. The number of urea groups is 1. The fraction of sp³-hybridized carbons (Fsp3) is 0.389. The summed E-state index contributed by atoms with van der Waals surface area (Å²) in [5.41, 5.74) is 1.21. The molecule has 128 valence electrons. The molecule has 1 aliphatic heterocycles. The molecule has 2 amide bonds. The van der Waals surface area contributed by atoms with E-state index in [1.165, 1.54) is 10.5 Å². The first-order valence-electron chi connectivity index (χ1n) is 8.11. The number of amides is 2. The monoisotopic (exact) mass is 345 g/mol. The minimum absolute atomic E-state index is 0.0138. The number of furan rings is 1. The maximum Gasteiger partial charge on any atom is 0.315 e. The van der Waals surface area contributed by atoms with Crippen molar-refractivity contribution >= 4 is 17.8 Å². The number of hydrogen-bond donors (Lipinski definition) is 2. The molecule has 24 heavy (non-hydrogen) atoms. The van der Waals surface area contributed by atoms with Crippen molar-refractivity contribution in [2.45, 2.75) is 23.4 Å². The molecule has 0 spiro atoms. The van der Waals surface area contributed by atoms with E-state index in [2.05, 4.69) is 22.8 Å². The lowest BCUT2D eigenvalue weighted by Gasteiger charge is -2.27. The molecule has 2 heterocycles. The molecule has 1 aromatic heterocycles. The topological polar surface area (TPSA) is 57.5 Å². The number of carbonyl (C=O) groups is 1. The van der Waals surface area contributed by atoms with E-state index in [0.29, 0.717) is 6.54 Å². The van der Waals surface area contributed by atoms with Gasteiger partial charge in [-0.15, -0.1) is 11.8 Å². The van der Waals surface area contributed by atoms with E-state index in [-0.39, 0.29) is 18.1 Å². The summed E-state index contributed by atoms with van der Waals surface area (Å²) in [4.78, 5) is 15.6. The summed E-state index contributed by atoms with van der Waals surface area (Å²) < 4.78 is 5.47. The molecule has 0 unspecified atom stereocenters. The van der Waals surface area contributed by atoms with Crippen molar-refractivity contribution in [3.8, 4) is 0 Å². The van der Waals surface area contributed by atoms with Gasteiger partial charge in [0.15, 0.2) is 0 Å². The summed E-state index contributed by atoms with van der Waals surface area (Å²) >= 11 is 1.85. The lowest BCUT2D eigenvalue weighted by atomic mass is 10.0. The van der Waals surface area contributed by atoms with Crippen LogP contribution in [0.5, 0.6) is 0 Å². The summed E-state index contributed by atoms with van der Waals surface area (Å²) in [5.74, 6) is 1.87. The van der Waals surface area contributed by atoms with Gasteiger partial charge in [0.1, 0.15) is 5.76 Å². The van der Waals surface area contributed by atoms with Gasteiger partial charge in [0.05, 0.1) is 18.3 Å². The molecule has 0 saturated heterocycles. The predicted octanol–water partition coefficient (Wildman–Crippen LogP) is 3.42. The molecule has 2 N–H and O–H groups in total. The van der Waals surface area contributed by atoms with Crippen LogP contribution in [0, 0.1) is 0 Å². The second-order valence-corrected chi connectivity index (χ2v) is 7.21. The fourth-order valence-electron chi connectivity index (χ4n) is 2.91. The van der Waals surface area contributed by atoms with Crippen molar-refractivity contribution in [3.63, 3.8) is 0 Å². The van der Waals surface area contributed by atoms with Crippen molar-refractivity contribution in [1.82, 2.24) is 15.5 Å². The van der Waals surface area contributed by atoms with Crippen LogP contribution in [0.15, 0.2) is 52.0 Å². The van der Waals surface area contributed by atoms with Crippen molar-refractivity contribution < 1.29 is 9.21 Å². The Balaban J connectivity index is 1.58. The van der Waals surface area contributed by atoms with Gasteiger partial charge in [-0.25, -0.2) is 4.79 Å². The van der Waals surface area contributed by atoms with Gasteiger partial charge >= 0.3 is 6.03 Å². The molecular weight excluding hydrogens is 322 g/mol. The van der Waals surface area contributed by atoms with E-state index in [9.17, 15) is 4.79 Å². The molecule has 0 bridgehead atoms. The fourth-order valence-corrected chi connectivity index (χ4v) is 4.03. The normalized spacial score (nSPS) is 18.0. The number of thioether (sulfide) groups is 1. The third-order valence-electron chi connectivity index (χ3n) is 4.21. The third kappa shape index (κ3) is 3.94. The number of benzene rings is 1. The van der Waals surface area contributed by atoms with E-state index in [1.807, 2.05) is 55.0 Å². The van der Waals surface area contributed by atoms with Crippen molar-refractivity contribution in [1.29, 1.82) is 0 Å². The number of carbonyl (C=O) groups excluding carboxylic acids is 1. The molecule has 0 saturated carbocycles. The molecule has 3 rings (SSSR count). The molecule has 1 aromatic carbocycles. The summed E-state index contributed by atoms with van der Waals surface area (Å²) in [6.07, 6.45) is 2.60. The Morgan fingerprint density at radius 1 is 1.33 bits per heavy atom. The highest BCUT2D eigenvalue weighted by atomic mass is 32.2. The molecule has 6 heteroatoms. The van der Waals surface area contributed by atoms with Gasteiger partial charge in [0.2, 0.25) is 0 Å². The highest BCUT2D eigenvalue weighted by Gasteiger charge is 2.23. The number of nitrogens with zero attached hydrogens (tertiary/aromatic N) is 1. The molecule has 2 atom stereocenters. The van der Waals surface area contributed by atoms with Gasteiger partial charge in [-0.3, -0.25) is 4.90 Å². The van der Waals surface area contributed by atoms with Crippen molar-refractivity contribution in [2.24, 2.45) is 0 Å². The van der Waals surface area contributed by atoms with Crippen LogP contribution in [0.25, 0.3) is 0 Å². The zero-order valence-electron chi connectivity index (χ0n) is 14.0. The molecule has 0 radical (unpaired) electrons. The van der Waals surface area contributed by atoms with Gasteiger partial charge in [-0.05, 0) is 44.3 Å². The van der Waals surface area contributed by atoms with Crippen LogP contribution < -0.4 is 10.6 Å². The summed E-state index contributed by atoms with van der Waals surface area (Å²) in [7, 11) is 3.95. The van der Waals surface area contributed by atoms with E-state index < -0.39 is 0 Å². The van der Waals surface area contributed by atoms with Crippen molar-refractivity contribution in [2.75, 3.05) is 26.4 Å². The molecule has 0 fully saturated rings. The molecule has 1 aliphatic rings.